The predicted molar refractivity (Wildman–Crippen MR) is 88.1 cm³/mol. The number of hydrogen-bond donors (Lipinski definition) is 1. The van der Waals surface area contributed by atoms with E-state index in [1.54, 1.807) is 11.1 Å². The first-order valence-corrected chi connectivity index (χ1v) is 8.58. The molecule has 112 valence electrons. The fourth-order valence-electron chi connectivity index (χ4n) is 3.76. The van der Waals surface area contributed by atoms with Crippen LogP contribution in [0.25, 0.3) is 0 Å². The van der Waals surface area contributed by atoms with E-state index in [0.717, 1.165) is 18.4 Å². The molecule has 1 aromatic carbocycles. The third-order valence-electron chi connectivity index (χ3n) is 5.16. The second-order valence-electron chi connectivity index (χ2n) is 6.35. The van der Waals surface area contributed by atoms with Crippen molar-refractivity contribution in [3.63, 3.8) is 0 Å². The fourth-order valence-corrected chi connectivity index (χ4v) is 3.76. The number of rotatable bonds is 7. The van der Waals surface area contributed by atoms with Crippen molar-refractivity contribution in [2.75, 3.05) is 6.54 Å². The van der Waals surface area contributed by atoms with Gasteiger partial charge in [-0.1, -0.05) is 57.9 Å². The summed E-state index contributed by atoms with van der Waals surface area (Å²) in [7, 11) is 0. The highest BCUT2D eigenvalue weighted by Gasteiger charge is 2.26. The highest BCUT2D eigenvalue weighted by molar-refractivity contribution is 5.30. The van der Waals surface area contributed by atoms with E-state index in [1.807, 2.05) is 0 Å². The molecule has 2 unspecified atom stereocenters. The molecule has 0 saturated carbocycles. The summed E-state index contributed by atoms with van der Waals surface area (Å²) in [5.74, 6) is 1.71. The van der Waals surface area contributed by atoms with E-state index in [1.165, 1.54) is 38.5 Å². The van der Waals surface area contributed by atoms with Crippen LogP contribution < -0.4 is 5.32 Å². The standard InChI is InChI=1S/C19H31N/c1-4-15(5-2)13-19(20-6-3)18-12-11-16-9-7-8-10-17(16)14-18/h7-10,15,18-20H,4-6,11-14H2,1-3H3. The number of aryl methyl sites for hydroxylation is 1. The Morgan fingerprint density at radius 2 is 1.80 bits per heavy atom. The Bertz CT molecular complexity index is 395. The lowest BCUT2D eigenvalue weighted by Gasteiger charge is -2.34. The van der Waals surface area contributed by atoms with Gasteiger partial charge in [-0.15, -0.1) is 0 Å². The molecule has 1 nitrogen and oxygen atoms in total. The lowest BCUT2D eigenvalue weighted by molar-refractivity contribution is 0.265. The van der Waals surface area contributed by atoms with Crippen LogP contribution >= 0.6 is 0 Å². The van der Waals surface area contributed by atoms with Gasteiger partial charge in [-0.2, -0.15) is 0 Å². The minimum Gasteiger partial charge on any atom is -0.314 e. The van der Waals surface area contributed by atoms with Gasteiger partial charge in [0, 0.05) is 6.04 Å². The molecule has 0 aliphatic heterocycles. The summed E-state index contributed by atoms with van der Waals surface area (Å²) in [5, 5.41) is 3.78. The molecule has 2 rings (SSSR count). The van der Waals surface area contributed by atoms with E-state index in [9.17, 15) is 0 Å². The minimum absolute atomic E-state index is 0.707. The maximum absolute atomic E-state index is 3.78. The number of fused-ring (bicyclic) bond motifs is 1. The number of nitrogens with one attached hydrogen (secondary N) is 1. The summed E-state index contributed by atoms with van der Waals surface area (Å²) < 4.78 is 0. The van der Waals surface area contributed by atoms with Crippen LogP contribution in [0, 0.1) is 11.8 Å². The number of benzene rings is 1. The number of hydrogen-bond acceptors (Lipinski definition) is 1. The van der Waals surface area contributed by atoms with Gasteiger partial charge in [-0.25, -0.2) is 0 Å². The van der Waals surface area contributed by atoms with E-state index in [2.05, 4.69) is 50.4 Å². The summed E-state index contributed by atoms with van der Waals surface area (Å²) in [6.07, 6.45) is 7.89. The summed E-state index contributed by atoms with van der Waals surface area (Å²) in [6.45, 7) is 8.03. The fraction of sp³-hybridized carbons (Fsp3) is 0.684. The van der Waals surface area contributed by atoms with Crippen molar-refractivity contribution >= 4 is 0 Å². The van der Waals surface area contributed by atoms with Crippen molar-refractivity contribution in [2.45, 2.75) is 65.3 Å². The molecule has 0 bridgehead atoms. The molecule has 0 fully saturated rings. The average Bonchev–Trinajstić information content (AvgIpc) is 2.51. The van der Waals surface area contributed by atoms with Crippen molar-refractivity contribution < 1.29 is 0 Å². The van der Waals surface area contributed by atoms with E-state index in [-0.39, 0.29) is 0 Å². The van der Waals surface area contributed by atoms with E-state index >= 15 is 0 Å². The Morgan fingerprint density at radius 1 is 1.10 bits per heavy atom. The zero-order valence-corrected chi connectivity index (χ0v) is 13.5. The Balaban J connectivity index is 2.03. The lowest BCUT2D eigenvalue weighted by Crippen LogP contribution is -2.40. The third kappa shape index (κ3) is 3.85. The predicted octanol–water partition coefficient (Wildman–Crippen LogP) is 4.60. The molecule has 0 aromatic heterocycles. The third-order valence-corrected chi connectivity index (χ3v) is 5.16. The quantitative estimate of drug-likeness (QED) is 0.766. The molecular formula is C19H31N. The monoisotopic (exact) mass is 273 g/mol. The molecule has 1 aliphatic carbocycles. The Morgan fingerprint density at radius 3 is 2.45 bits per heavy atom. The molecule has 0 radical (unpaired) electrons. The van der Waals surface area contributed by atoms with Gasteiger partial charge in [0.15, 0.2) is 0 Å². The summed E-state index contributed by atoms with van der Waals surface area (Å²) in [6, 6.07) is 9.74. The van der Waals surface area contributed by atoms with Gasteiger partial charge in [0.05, 0.1) is 0 Å². The summed E-state index contributed by atoms with van der Waals surface area (Å²) in [5.41, 5.74) is 3.18. The molecule has 1 N–H and O–H groups in total. The van der Waals surface area contributed by atoms with E-state index < -0.39 is 0 Å². The van der Waals surface area contributed by atoms with Crippen LogP contribution in [0.4, 0.5) is 0 Å². The largest absolute Gasteiger partial charge is 0.314 e. The van der Waals surface area contributed by atoms with E-state index in [0.29, 0.717) is 6.04 Å². The molecule has 20 heavy (non-hydrogen) atoms. The van der Waals surface area contributed by atoms with Crippen LogP contribution in [-0.2, 0) is 12.8 Å². The second-order valence-corrected chi connectivity index (χ2v) is 6.35. The molecule has 1 heteroatoms. The Hall–Kier alpha value is -0.820. The van der Waals surface area contributed by atoms with Gasteiger partial charge in [0.25, 0.3) is 0 Å². The highest BCUT2D eigenvalue weighted by Crippen LogP contribution is 2.30. The smallest absolute Gasteiger partial charge is 0.0101 e. The molecule has 0 heterocycles. The van der Waals surface area contributed by atoms with Crippen LogP contribution in [-0.4, -0.2) is 12.6 Å². The van der Waals surface area contributed by atoms with Crippen molar-refractivity contribution in [3.8, 4) is 0 Å². The van der Waals surface area contributed by atoms with Crippen LogP contribution in [0.5, 0.6) is 0 Å². The van der Waals surface area contributed by atoms with Crippen molar-refractivity contribution in [1.29, 1.82) is 0 Å². The van der Waals surface area contributed by atoms with Crippen molar-refractivity contribution in [1.82, 2.24) is 5.32 Å². The van der Waals surface area contributed by atoms with Crippen LogP contribution in [0.1, 0.15) is 57.6 Å². The molecule has 0 spiro atoms. The summed E-state index contributed by atoms with van der Waals surface area (Å²) in [4.78, 5) is 0. The minimum atomic E-state index is 0.707. The SMILES string of the molecule is CCNC(CC(CC)CC)C1CCc2ccccc2C1. The first-order valence-electron chi connectivity index (χ1n) is 8.58. The van der Waals surface area contributed by atoms with E-state index in [4.69, 9.17) is 0 Å². The van der Waals surface area contributed by atoms with Crippen LogP contribution in [0.15, 0.2) is 24.3 Å². The van der Waals surface area contributed by atoms with Crippen molar-refractivity contribution in [2.24, 2.45) is 11.8 Å². The molecule has 1 aliphatic rings. The molecule has 1 aromatic rings. The first-order chi connectivity index (χ1) is 9.78. The van der Waals surface area contributed by atoms with Gasteiger partial charge in [0.2, 0.25) is 0 Å². The molecule has 2 atom stereocenters. The zero-order valence-electron chi connectivity index (χ0n) is 13.5. The maximum atomic E-state index is 3.78. The zero-order chi connectivity index (χ0) is 14.4. The first kappa shape index (κ1) is 15.6. The van der Waals surface area contributed by atoms with Gasteiger partial charge < -0.3 is 5.32 Å². The van der Waals surface area contributed by atoms with Crippen LogP contribution in [0.2, 0.25) is 0 Å². The molecule has 0 saturated heterocycles. The second kappa shape index (κ2) is 7.83. The van der Waals surface area contributed by atoms with Gasteiger partial charge in [-0.05, 0) is 55.2 Å². The van der Waals surface area contributed by atoms with Crippen LogP contribution in [0.3, 0.4) is 0 Å². The van der Waals surface area contributed by atoms with Gasteiger partial charge in [-0.3, -0.25) is 0 Å². The average molecular weight is 273 g/mol. The topological polar surface area (TPSA) is 12.0 Å². The molecular weight excluding hydrogens is 242 g/mol. The molecule has 0 amide bonds. The Labute approximate surface area is 125 Å². The van der Waals surface area contributed by atoms with Gasteiger partial charge >= 0.3 is 0 Å². The van der Waals surface area contributed by atoms with Crippen molar-refractivity contribution in [3.05, 3.63) is 35.4 Å². The lowest BCUT2D eigenvalue weighted by atomic mass is 9.77. The normalized spacial score (nSPS) is 19.9. The Kier molecular flexibility index (Phi) is 6.09. The summed E-state index contributed by atoms with van der Waals surface area (Å²) >= 11 is 0. The maximum Gasteiger partial charge on any atom is 0.0101 e. The highest BCUT2D eigenvalue weighted by atomic mass is 14.9. The van der Waals surface area contributed by atoms with Gasteiger partial charge in [0.1, 0.15) is 0 Å².